The largest absolute Gasteiger partial charge is 0.378 e. The van der Waals surface area contributed by atoms with Crippen molar-refractivity contribution in [3.05, 3.63) is 65.9 Å². The van der Waals surface area contributed by atoms with Crippen LogP contribution < -0.4 is 15.5 Å². The average Bonchev–Trinajstić information content (AvgIpc) is 2.94. The van der Waals surface area contributed by atoms with Gasteiger partial charge < -0.3 is 25.0 Å². The first-order valence-electron chi connectivity index (χ1n) is 13.3. The normalized spacial score (nSPS) is 22.3. The highest BCUT2D eigenvalue weighted by Gasteiger charge is 2.24. The highest BCUT2D eigenvalue weighted by molar-refractivity contribution is 5.94. The van der Waals surface area contributed by atoms with Gasteiger partial charge in [-0.3, -0.25) is 4.79 Å². The van der Waals surface area contributed by atoms with Crippen LogP contribution in [0.1, 0.15) is 41.6 Å². The Morgan fingerprint density at radius 3 is 2.49 bits per heavy atom. The van der Waals surface area contributed by atoms with Gasteiger partial charge in [0.15, 0.2) is 0 Å². The molecule has 0 radical (unpaired) electrons. The van der Waals surface area contributed by atoms with Crippen LogP contribution in [0.3, 0.4) is 0 Å². The van der Waals surface area contributed by atoms with Gasteiger partial charge in [0.25, 0.3) is 5.91 Å². The van der Waals surface area contributed by atoms with Crippen LogP contribution in [0, 0.1) is 5.92 Å². The van der Waals surface area contributed by atoms with Crippen LogP contribution in [0.2, 0.25) is 0 Å². The summed E-state index contributed by atoms with van der Waals surface area (Å²) in [5.41, 5.74) is 5.67. The van der Waals surface area contributed by atoms with E-state index in [2.05, 4.69) is 38.7 Å². The van der Waals surface area contributed by atoms with Crippen LogP contribution in [-0.4, -0.2) is 54.8 Å². The third kappa shape index (κ3) is 5.60. The van der Waals surface area contributed by atoms with Crippen molar-refractivity contribution in [2.24, 2.45) is 5.92 Å². The van der Waals surface area contributed by atoms with E-state index in [1.54, 1.807) is 6.20 Å². The summed E-state index contributed by atoms with van der Waals surface area (Å²) >= 11 is 0. The molecule has 0 spiro atoms. The van der Waals surface area contributed by atoms with E-state index in [4.69, 9.17) is 14.5 Å². The number of nitrogens with one attached hydrogen (secondary N) is 2. The van der Waals surface area contributed by atoms with Gasteiger partial charge in [0.1, 0.15) is 0 Å². The summed E-state index contributed by atoms with van der Waals surface area (Å²) in [7, 11) is 0. The molecule has 1 amide bonds. The Labute approximate surface area is 217 Å². The second-order valence-corrected chi connectivity index (χ2v) is 10.1. The summed E-state index contributed by atoms with van der Waals surface area (Å²) in [6, 6.07) is 16.1. The molecule has 1 aromatic heterocycles. The molecule has 192 valence electrons. The quantitative estimate of drug-likeness (QED) is 0.508. The minimum Gasteiger partial charge on any atom is -0.378 e. The lowest BCUT2D eigenvalue weighted by Gasteiger charge is -2.31. The molecular formula is C29H33N5O3. The number of amides is 1. The zero-order valence-electron chi connectivity index (χ0n) is 21.0. The number of hydrogen-bond donors (Lipinski definition) is 2. The Hall–Kier alpha value is -3.49. The van der Waals surface area contributed by atoms with E-state index in [1.807, 2.05) is 30.3 Å². The topological polar surface area (TPSA) is 88.6 Å². The molecule has 1 aliphatic carbocycles. The van der Waals surface area contributed by atoms with Gasteiger partial charge in [-0.05, 0) is 68.0 Å². The fraction of sp³-hybridized carbons (Fsp3) is 0.414. The first kappa shape index (κ1) is 23.9. The monoisotopic (exact) mass is 499 g/mol. The molecule has 37 heavy (non-hydrogen) atoms. The van der Waals surface area contributed by atoms with Crippen molar-refractivity contribution in [2.45, 2.75) is 38.3 Å². The molecule has 1 saturated carbocycles. The summed E-state index contributed by atoms with van der Waals surface area (Å²) in [6.45, 7) is 4.50. The summed E-state index contributed by atoms with van der Waals surface area (Å²) in [5.74, 6) is 1.03. The van der Waals surface area contributed by atoms with Crippen molar-refractivity contribution in [1.29, 1.82) is 0 Å². The summed E-state index contributed by atoms with van der Waals surface area (Å²) < 4.78 is 11.9. The zero-order valence-corrected chi connectivity index (χ0v) is 21.0. The molecule has 8 nitrogen and oxygen atoms in total. The van der Waals surface area contributed by atoms with Crippen LogP contribution in [0.5, 0.6) is 0 Å². The first-order chi connectivity index (χ1) is 18.2. The van der Waals surface area contributed by atoms with Gasteiger partial charge in [0.05, 0.1) is 25.5 Å². The molecule has 5 heterocycles. The number of rotatable bonds is 1. The third-order valence-electron chi connectivity index (χ3n) is 7.58. The molecule has 8 rings (SSSR count). The highest BCUT2D eigenvalue weighted by Crippen LogP contribution is 2.30. The number of carbonyl (C=O) groups is 1. The molecule has 5 aliphatic rings. The fourth-order valence-electron chi connectivity index (χ4n) is 5.47. The molecule has 4 aliphatic heterocycles. The number of carbonyl (C=O) groups excluding carboxylic acids is 1. The lowest BCUT2D eigenvalue weighted by Crippen LogP contribution is -2.38. The summed E-state index contributed by atoms with van der Waals surface area (Å²) in [5, 5.41) is 6.60. The van der Waals surface area contributed by atoms with Gasteiger partial charge in [-0.2, -0.15) is 0 Å². The molecule has 8 heteroatoms. The first-order valence-corrected chi connectivity index (χ1v) is 13.3. The van der Waals surface area contributed by atoms with E-state index < -0.39 is 0 Å². The number of ether oxygens (including phenoxy) is 2. The number of hydrogen-bond acceptors (Lipinski definition) is 7. The maximum atomic E-state index is 12.8. The molecule has 0 unspecified atom stereocenters. The molecule has 2 N–H and O–H groups in total. The molecular weight excluding hydrogens is 466 g/mol. The SMILES string of the molecule is O=C1NC2CCC(CC2)COCc2cc(ccc2N2CCOCC2)Nc2nccc(n2)-c2ccc1cc2. The lowest BCUT2D eigenvalue weighted by molar-refractivity contribution is 0.0680. The van der Waals surface area contributed by atoms with Crippen molar-refractivity contribution in [3.63, 3.8) is 0 Å². The van der Waals surface area contributed by atoms with Crippen LogP contribution in [-0.2, 0) is 16.1 Å². The van der Waals surface area contributed by atoms with Crippen molar-refractivity contribution >= 4 is 23.2 Å². The predicted molar refractivity (Wildman–Crippen MR) is 143 cm³/mol. The number of morpholine rings is 1. The number of benzene rings is 2. The van der Waals surface area contributed by atoms with E-state index in [1.165, 1.54) is 5.69 Å². The van der Waals surface area contributed by atoms with E-state index in [0.717, 1.165) is 81.1 Å². The van der Waals surface area contributed by atoms with E-state index >= 15 is 0 Å². The van der Waals surface area contributed by atoms with Crippen LogP contribution in [0.25, 0.3) is 11.3 Å². The Morgan fingerprint density at radius 2 is 1.68 bits per heavy atom. The highest BCUT2D eigenvalue weighted by atomic mass is 16.5. The maximum Gasteiger partial charge on any atom is 0.251 e. The van der Waals surface area contributed by atoms with Gasteiger partial charge in [0.2, 0.25) is 5.95 Å². The van der Waals surface area contributed by atoms with Crippen molar-refractivity contribution in [1.82, 2.24) is 15.3 Å². The Morgan fingerprint density at radius 1 is 0.892 bits per heavy atom. The van der Waals surface area contributed by atoms with Crippen LogP contribution in [0.15, 0.2) is 54.7 Å². The Balaban J connectivity index is 1.32. The lowest BCUT2D eigenvalue weighted by atomic mass is 9.86. The molecule has 1 saturated heterocycles. The minimum atomic E-state index is -0.0140. The Kier molecular flexibility index (Phi) is 7.01. The minimum absolute atomic E-state index is 0.0140. The molecule has 2 fully saturated rings. The average molecular weight is 500 g/mol. The summed E-state index contributed by atoms with van der Waals surface area (Å²) in [6.07, 6.45) is 5.85. The maximum absolute atomic E-state index is 12.8. The van der Waals surface area contributed by atoms with Gasteiger partial charge in [-0.1, -0.05) is 12.1 Å². The van der Waals surface area contributed by atoms with E-state index in [-0.39, 0.29) is 11.9 Å². The number of aromatic nitrogens is 2. The fourth-order valence-corrected chi connectivity index (χ4v) is 5.47. The van der Waals surface area contributed by atoms with Gasteiger partial charge in [-0.25, -0.2) is 9.97 Å². The molecule has 2 aromatic carbocycles. The van der Waals surface area contributed by atoms with E-state index in [0.29, 0.717) is 24.0 Å². The second kappa shape index (κ2) is 10.9. The van der Waals surface area contributed by atoms with E-state index in [9.17, 15) is 4.79 Å². The van der Waals surface area contributed by atoms with Crippen molar-refractivity contribution in [3.8, 4) is 11.3 Å². The number of fused-ring (bicyclic) bond motifs is 2. The van der Waals surface area contributed by atoms with Crippen LogP contribution >= 0.6 is 0 Å². The van der Waals surface area contributed by atoms with Gasteiger partial charge in [0, 0.05) is 60.0 Å². The predicted octanol–water partition coefficient (Wildman–Crippen LogP) is 4.54. The van der Waals surface area contributed by atoms with Gasteiger partial charge in [-0.15, -0.1) is 0 Å². The second-order valence-electron chi connectivity index (χ2n) is 10.1. The van der Waals surface area contributed by atoms with Gasteiger partial charge >= 0.3 is 0 Å². The number of anilines is 3. The summed E-state index contributed by atoms with van der Waals surface area (Å²) in [4.78, 5) is 24.4. The molecule has 8 bridgehead atoms. The Bertz CT molecular complexity index is 1230. The smallest absolute Gasteiger partial charge is 0.251 e. The van der Waals surface area contributed by atoms with Crippen LogP contribution in [0.4, 0.5) is 17.3 Å². The number of nitrogens with zero attached hydrogens (tertiary/aromatic N) is 3. The molecule has 3 aromatic rings. The van der Waals surface area contributed by atoms with Crippen molar-refractivity contribution < 1.29 is 14.3 Å². The zero-order chi connectivity index (χ0) is 25.0. The standard InChI is InChI=1S/C29H33N5O3/c35-28-22-5-3-21(4-6-22)26-11-12-30-29(33-26)32-25-9-10-27(34-13-15-36-16-14-34)23(17-25)19-37-18-20-1-7-24(31-28)8-2-20/h3-6,9-12,17,20,24H,1-2,7-8,13-16,18-19H2,(H,31,35)(H,30,32,33). The van der Waals surface area contributed by atoms with Crippen molar-refractivity contribution in [2.75, 3.05) is 43.1 Å². The molecule has 0 atom stereocenters. The third-order valence-corrected chi connectivity index (χ3v) is 7.58.